The van der Waals surface area contributed by atoms with Crippen LogP contribution in [0.3, 0.4) is 0 Å². The molecule has 1 aromatic carbocycles. The van der Waals surface area contributed by atoms with Crippen LogP contribution >= 0.6 is 23.5 Å². The Balaban J connectivity index is 2.44. The molecular weight excluding hydrogens is 242 g/mol. The maximum Gasteiger partial charge on any atom is 0.130 e. The van der Waals surface area contributed by atoms with E-state index in [2.05, 4.69) is 35.2 Å². The predicted octanol–water partition coefficient (Wildman–Crippen LogP) is 4.24. The van der Waals surface area contributed by atoms with Gasteiger partial charge in [-0.25, -0.2) is 0 Å². The Morgan fingerprint density at radius 3 is 2.33 bits per heavy atom. The normalized spacial score (nSPS) is 10.4. The van der Waals surface area contributed by atoms with Crippen molar-refractivity contribution < 1.29 is 0 Å². The third-order valence-electron chi connectivity index (χ3n) is 1.49. The number of halogens is 1. The third-order valence-corrected chi connectivity index (χ3v) is 3.34. The first kappa shape index (κ1) is 12.5. The fourth-order valence-corrected chi connectivity index (χ4v) is 2.64. The lowest BCUT2D eigenvalue weighted by atomic mass is 10.3. The first-order chi connectivity index (χ1) is 6.97. The number of hydrogen-bond acceptors (Lipinski definition) is 2. The molecule has 0 aromatic heterocycles. The molecule has 1 nitrogen and oxygen atoms in total. The molecular formula is C11H14ClNSSi. The van der Waals surface area contributed by atoms with Gasteiger partial charge < -0.3 is 4.72 Å². The smallest absolute Gasteiger partial charge is 0.130 e. The second-order valence-corrected chi connectivity index (χ2v) is 9.99. The summed E-state index contributed by atoms with van der Waals surface area (Å²) in [5.74, 6) is 0. The third kappa shape index (κ3) is 5.78. The number of anilines is 1. The minimum Gasteiger partial charge on any atom is -0.319 e. The van der Waals surface area contributed by atoms with Gasteiger partial charge in [-0.15, -0.1) is 5.54 Å². The lowest BCUT2D eigenvalue weighted by Crippen LogP contribution is -2.16. The Labute approximate surface area is 102 Å². The first-order valence-electron chi connectivity index (χ1n) is 4.67. The van der Waals surface area contributed by atoms with Gasteiger partial charge in [-0.05, 0) is 29.5 Å². The van der Waals surface area contributed by atoms with E-state index in [0.29, 0.717) is 0 Å². The highest BCUT2D eigenvalue weighted by atomic mass is 35.5. The molecule has 0 unspecified atom stereocenters. The number of nitrogens with one attached hydrogen (secondary N) is 1. The summed E-state index contributed by atoms with van der Waals surface area (Å²) >= 11 is 7.20. The minimum absolute atomic E-state index is 0.749. The molecule has 0 fully saturated rings. The van der Waals surface area contributed by atoms with Crippen LogP contribution in [0.1, 0.15) is 0 Å². The van der Waals surface area contributed by atoms with Crippen LogP contribution in [0.15, 0.2) is 24.3 Å². The lowest BCUT2D eigenvalue weighted by Gasteiger charge is -2.03. The largest absolute Gasteiger partial charge is 0.319 e. The predicted molar refractivity (Wildman–Crippen MR) is 73.8 cm³/mol. The zero-order valence-corrected chi connectivity index (χ0v) is 11.7. The molecule has 80 valence electrons. The number of rotatable bonds is 2. The highest BCUT2D eigenvalue weighted by Crippen LogP contribution is 2.16. The molecule has 1 rings (SSSR count). The second kappa shape index (κ2) is 5.50. The van der Waals surface area contributed by atoms with E-state index in [1.165, 1.54) is 11.9 Å². The van der Waals surface area contributed by atoms with Gasteiger partial charge in [-0.3, -0.25) is 0 Å². The maximum atomic E-state index is 5.78. The van der Waals surface area contributed by atoms with Gasteiger partial charge in [0.05, 0.1) is 0 Å². The monoisotopic (exact) mass is 255 g/mol. The molecule has 1 aromatic rings. The van der Waals surface area contributed by atoms with E-state index in [-0.39, 0.29) is 0 Å². The van der Waals surface area contributed by atoms with E-state index in [4.69, 9.17) is 11.6 Å². The summed E-state index contributed by atoms with van der Waals surface area (Å²) < 4.78 is 3.15. The van der Waals surface area contributed by atoms with Gasteiger partial charge in [-0.1, -0.05) is 31.2 Å². The quantitative estimate of drug-likeness (QED) is 0.482. The first-order valence-corrected chi connectivity index (χ1v) is 9.36. The van der Waals surface area contributed by atoms with Crippen LogP contribution in [0, 0.1) is 10.8 Å². The Hall–Kier alpha value is -0.563. The van der Waals surface area contributed by atoms with E-state index < -0.39 is 8.07 Å². The maximum absolute atomic E-state index is 5.78. The molecule has 0 radical (unpaired) electrons. The van der Waals surface area contributed by atoms with Gasteiger partial charge in [0.25, 0.3) is 0 Å². The van der Waals surface area contributed by atoms with Crippen molar-refractivity contribution >= 4 is 37.3 Å². The topological polar surface area (TPSA) is 12.0 Å². The van der Waals surface area contributed by atoms with E-state index in [0.717, 1.165) is 10.7 Å². The highest BCUT2D eigenvalue weighted by molar-refractivity contribution is 8.05. The van der Waals surface area contributed by atoms with Crippen LogP contribution in [0.5, 0.6) is 0 Å². The van der Waals surface area contributed by atoms with Crippen molar-refractivity contribution in [2.75, 3.05) is 4.72 Å². The standard InChI is InChI=1S/C11H14ClNSSi/c1-15(2,3)9-8-14-13-11-6-4-10(12)5-7-11/h4-7,13H,1-3H3. The fourth-order valence-electron chi connectivity index (χ4n) is 0.781. The molecule has 0 aliphatic rings. The van der Waals surface area contributed by atoms with Gasteiger partial charge in [0.1, 0.15) is 8.07 Å². The van der Waals surface area contributed by atoms with Crippen LogP contribution in [0.2, 0.25) is 24.7 Å². The van der Waals surface area contributed by atoms with Crippen LogP contribution in [0.4, 0.5) is 5.69 Å². The van der Waals surface area contributed by atoms with Crippen LogP contribution in [0.25, 0.3) is 0 Å². The van der Waals surface area contributed by atoms with Gasteiger partial charge in [-0.2, -0.15) is 0 Å². The Bertz CT molecular complexity index is 372. The molecule has 15 heavy (non-hydrogen) atoms. The van der Waals surface area contributed by atoms with Crippen molar-refractivity contribution in [3.63, 3.8) is 0 Å². The average molecular weight is 256 g/mol. The molecule has 0 atom stereocenters. The Morgan fingerprint density at radius 1 is 1.20 bits per heavy atom. The van der Waals surface area contributed by atoms with Gasteiger partial charge in [0, 0.05) is 22.7 Å². The molecule has 0 saturated carbocycles. The van der Waals surface area contributed by atoms with Crippen molar-refractivity contribution in [1.82, 2.24) is 0 Å². The van der Waals surface area contributed by atoms with E-state index in [1.807, 2.05) is 24.3 Å². The minimum atomic E-state index is -1.25. The van der Waals surface area contributed by atoms with Gasteiger partial charge >= 0.3 is 0 Å². The fraction of sp³-hybridized carbons (Fsp3) is 0.273. The number of benzene rings is 1. The SMILES string of the molecule is C[Si](C)(C)C#CSNc1ccc(Cl)cc1. The summed E-state index contributed by atoms with van der Waals surface area (Å²) in [4.78, 5) is 0. The molecule has 1 N–H and O–H groups in total. The zero-order chi connectivity index (χ0) is 11.3. The zero-order valence-electron chi connectivity index (χ0n) is 9.10. The molecule has 0 spiro atoms. The van der Waals surface area contributed by atoms with E-state index in [1.54, 1.807) is 0 Å². The lowest BCUT2D eigenvalue weighted by molar-refractivity contribution is 1.68. The van der Waals surface area contributed by atoms with Crippen LogP contribution < -0.4 is 4.72 Å². The molecule has 0 heterocycles. The molecule has 0 aliphatic carbocycles. The van der Waals surface area contributed by atoms with Crippen molar-refractivity contribution in [1.29, 1.82) is 0 Å². The van der Waals surface area contributed by atoms with Crippen LogP contribution in [-0.4, -0.2) is 8.07 Å². The van der Waals surface area contributed by atoms with Crippen molar-refractivity contribution in [3.05, 3.63) is 29.3 Å². The van der Waals surface area contributed by atoms with Crippen molar-refractivity contribution in [2.45, 2.75) is 19.6 Å². The van der Waals surface area contributed by atoms with Gasteiger partial charge in [0.2, 0.25) is 0 Å². The Morgan fingerprint density at radius 2 is 1.80 bits per heavy atom. The molecule has 0 amide bonds. The molecule has 0 bridgehead atoms. The summed E-state index contributed by atoms with van der Waals surface area (Å²) in [6, 6.07) is 7.59. The average Bonchev–Trinajstić information content (AvgIpc) is 2.14. The van der Waals surface area contributed by atoms with Gasteiger partial charge in [0.15, 0.2) is 0 Å². The van der Waals surface area contributed by atoms with Crippen molar-refractivity contribution in [3.8, 4) is 10.8 Å². The summed E-state index contributed by atoms with van der Waals surface area (Å²) in [7, 11) is -1.25. The molecule has 0 saturated heterocycles. The summed E-state index contributed by atoms with van der Waals surface area (Å²) in [6.07, 6.45) is 0. The summed E-state index contributed by atoms with van der Waals surface area (Å²) in [5, 5.41) is 3.82. The second-order valence-electron chi connectivity index (χ2n) is 4.19. The Kier molecular flexibility index (Phi) is 4.59. The van der Waals surface area contributed by atoms with Crippen LogP contribution in [-0.2, 0) is 0 Å². The highest BCUT2D eigenvalue weighted by Gasteiger charge is 2.07. The molecule has 4 heteroatoms. The summed E-state index contributed by atoms with van der Waals surface area (Å²) in [6.45, 7) is 6.68. The summed E-state index contributed by atoms with van der Waals surface area (Å²) in [5.41, 5.74) is 4.29. The van der Waals surface area contributed by atoms with E-state index >= 15 is 0 Å². The molecule has 0 aliphatic heterocycles. The number of hydrogen-bond donors (Lipinski definition) is 1. The van der Waals surface area contributed by atoms with E-state index in [9.17, 15) is 0 Å². The van der Waals surface area contributed by atoms with Crippen molar-refractivity contribution in [2.24, 2.45) is 0 Å².